The van der Waals surface area contributed by atoms with Crippen LogP contribution in [0, 0.1) is 0 Å². The Morgan fingerprint density at radius 3 is 1.50 bits per heavy atom. The second-order valence-corrected chi connectivity index (χ2v) is 13.1. The first-order valence-corrected chi connectivity index (χ1v) is 19.5. The van der Waals surface area contributed by atoms with Crippen molar-refractivity contribution in [3.63, 3.8) is 0 Å². The molecule has 0 aliphatic rings. The second-order valence-electron chi connectivity index (χ2n) is 13.1. The van der Waals surface area contributed by atoms with Gasteiger partial charge in [0.05, 0.1) is 12.7 Å². The van der Waals surface area contributed by atoms with Crippen molar-refractivity contribution < 1.29 is 24.4 Å². The number of hydrogen-bond acceptors (Lipinski definition) is 6. The molecule has 2 N–H and O–H groups in total. The van der Waals surface area contributed by atoms with Gasteiger partial charge in [-0.3, -0.25) is 0 Å². The maximum Gasteiger partial charge on any atom is 0.154 e. The Bertz CT molecular complexity index is 507. The van der Waals surface area contributed by atoms with Crippen LogP contribution >= 0.6 is 0 Å². The zero-order valence-corrected chi connectivity index (χ0v) is 30.1. The van der Waals surface area contributed by atoms with Crippen molar-refractivity contribution in [1.82, 2.24) is 4.90 Å². The van der Waals surface area contributed by atoms with E-state index >= 15 is 0 Å². The summed E-state index contributed by atoms with van der Waals surface area (Å²) in [6.45, 7) is 11.8. The van der Waals surface area contributed by atoms with Crippen LogP contribution < -0.4 is 0 Å². The minimum absolute atomic E-state index is 0.230. The summed E-state index contributed by atoms with van der Waals surface area (Å²) in [5, 5.41) is 19.4. The lowest BCUT2D eigenvalue weighted by Gasteiger charge is -2.21. The molecule has 0 aromatic carbocycles. The number of rotatable bonds is 38. The van der Waals surface area contributed by atoms with E-state index in [4.69, 9.17) is 14.2 Å². The fourth-order valence-corrected chi connectivity index (χ4v) is 5.85. The van der Waals surface area contributed by atoms with Gasteiger partial charge in [0.1, 0.15) is 6.79 Å². The highest BCUT2D eigenvalue weighted by Gasteiger charge is 2.10. The van der Waals surface area contributed by atoms with E-state index in [2.05, 4.69) is 25.7 Å². The Labute approximate surface area is 275 Å². The monoisotopic (exact) mass is 630 g/mol. The number of aliphatic hydroxyl groups is 2. The molecule has 0 radical (unpaired) electrons. The average Bonchev–Trinajstić information content (AvgIpc) is 3.02. The first-order chi connectivity index (χ1) is 21.7. The smallest absolute Gasteiger partial charge is 0.154 e. The first kappa shape index (κ1) is 43.8. The van der Waals surface area contributed by atoms with Crippen LogP contribution in [0.15, 0.2) is 0 Å². The fraction of sp³-hybridized carbons (Fsp3) is 1.00. The number of hydrogen-bond donors (Lipinski definition) is 2. The molecule has 0 amide bonds. The average molecular weight is 630 g/mol. The third-order valence-electron chi connectivity index (χ3n) is 8.81. The van der Waals surface area contributed by atoms with E-state index in [-0.39, 0.29) is 6.61 Å². The van der Waals surface area contributed by atoms with E-state index in [0.29, 0.717) is 19.5 Å². The molecular weight excluding hydrogens is 550 g/mol. The van der Waals surface area contributed by atoms with Gasteiger partial charge in [0.2, 0.25) is 0 Å². The van der Waals surface area contributed by atoms with E-state index in [9.17, 15) is 10.2 Å². The van der Waals surface area contributed by atoms with Crippen LogP contribution in [0.1, 0.15) is 188 Å². The maximum atomic E-state index is 9.93. The Kier molecular flexibility index (Phi) is 37.0. The number of nitrogens with zero attached hydrogens (tertiary/aromatic N) is 1. The van der Waals surface area contributed by atoms with E-state index in [1.807, 2.05) is 0 Å². The minimum Gasteiger partial charge on any atom is -0.395 e. The first-order valence-electron chi connectivity index (χ1n) is 19.5. The molecule has 0 heterocycles. The molecule has 0 aliphatic heterocycles. The third-order valence-corrected chi connectivity index (χ3v) is 8.81. The second kappa shape index (κ2) is 37.2. The normalized spacial score (nSPS) is 12.6. The molecule has 266 valence electrons. The third kappa shape index (κ3) is 33.1. The Hall–Kier alpha value is -0.240. The van der Waals surface area contributed by atoms with Gasteiger partial charge < -0.3 is 29.3 Å². The molecule has 1 unspecified atom stereocenters. The molecule has 0 aliphatic carbocycles. The van der Waals surface area contributed by atoms with Crippen LogP contribution in [0.2, 0.25) is 0 Å². The maximum absolute atomic E-state index is 9.93. The van der Waals surface area contributed by atoms with Crippen molar-refractivity contribution in [3.05, 3.63) is 0 Å². The summed E-state index contributed by atoms with van der Waals surface area (Å²) in [4.78, 5) is 2.41. The Balaban J connectivity index is 3.88. The number of ether oxygens (including phenoxy) is 3. The highest BCUT2D eigenvalue weighted by Crippen LogP contribution is 2.17. The van der Waals surface area contributed by atoms with Gasteiger partial charge >= 0.3 is 0 Å². The predicted molar refractivity (Wildman–Crippen MR) is 188 cm³/mol. The fourth-order valence-electron chi connectivity index (χ4n) is 5.85. The van der Waals surface area contributed by atoms with Crippen LogP contribution in [0.3, 0.4) is 0 Å². The lowest BCUT2D eigenvalue weighted by molar-refractivity contribution is -0.105. The van der Waals surface area contributed by atoms with Gasteiger partial charge in [-0.05, 0) is 64.5 Å². The quantitative estimate of drug-likeness (QED) is 0.0523. The highest BCUT2D eigenvalue weighted by molar-refractivity contribution is 4.61. The topological polar surface area (TPSA) is 71.4 Å². The largest absolute Gasteiger partial charge is 0.395 e. The van der Waals surface area contributed by atoms with Crippen molar-refractivity contribution in [2.75, 3.05) is 46.2 Å². The summed E-state index contributed by atoms with van der Waals surface area (Å²) < 4.78 is 17.6. The molecule has 0 saturated heterocycles. The molecule has 0 rings (SSSR count). The molecule has 0 spiro atoms. The summed E-state index contributed by atoms with van der Waals surface area (Å²) in [6, 6.07) is 0. The van der Waals surface area contributed by atoms with E-state index in [0.717, 1.165) is 64.8 Å². The van der Waals surface area contributed by atoms with Gasteiger partial charge in [0.15, 0.2) is 6.29 Å². The molecule has 6 nitrogen and oxygen atoms in total. The summed E-state index contributed by atoms with van der Waals surface area (Å²) in [7, 11) is 0. The lowest BCUT2D eigenvalue weighted by atomic mass is 10.0. The minimum atomic E-state index is -0.600. The van der Waals surface area contributed by atoms with E-state index in [1.54, 1.807) is 0 Å². The zero-order chi connectivity index (χ0) is 32.2. The molecule has 0 fully saturated rings. The summed E-state index contributed by atoms with van der Waals surface area (Å²) in [5.41, 5.74) is 0. The molecule has 0 aromatic rings. The van der Waals surface area contributed by atoms with Gasteiger partial charge in [-0.15, -0.1) is 0 Å². The van der Waals surface area contributed by atoms with Crippen LogP contribution in [0.5, 0.6) is 0 Å². The Morgan fingerprint density at radius 1 is 0.477 bits per heavy atom. The summed E-state index contributed by atoms with van der Waals surface area (Å²) >= 11 is 0. The highest BCUT2D eigenvalue weighted by atomic mass is 16.7. The molecule has 0 bridgehead atoms. The van der Waals surface area contributed by atoms with E-state index < -0.39 is 6.29 Å². The summed E-state index contributed by atoms with van der Waals surface area (Å²) in [6.07, 6.45) is 31.5. The lowest BCUT2D eigenvalue weighted by Crippen LogP contribution is -2.29. The molecular formula is C38H79NO5. The van der Waals surface area contributed by atoms with Crippen LogP contribution in [-0.4, -0.2) is 73.8 Å². The van der Waals surface area contributed by atoms with Crippen molar-refractivity contribution in [2.45, 2.75) is 200 Å². The van der Waals surface area contributed by atoms with Crippen molar-refractivity contribution in [1.29, 1.82) is 0 Å². The Morgan fingerprint density at radius 2 is 0.932 bits per heavy atom. The van der Waals surface area contributed by atoms with Gasteiger partial charge in [0, 0.05) is 19.8 Å². The van der Waals surface area contributed by atoms with E-state index in [1.165, 1.54) is 128 Å². The molecule has 0 saturated carbocycles. The predicted octanol–water partition coefficient (Wildman–Crippen LogP) is 10.2. The zero-order valence-electron chi connectivity index (χ0n) is 30.1. The van der Waals surface area contributed by atoms with Gasteiger partial charge in [-0.25, -0.2) is 0 Å². The van der Waals surface area contributed by atoms with Crippen molar-refractivity contribution in [3.8, 4) is 0 Å². The molecule has 0 aromatic heterocycles. The van der Waals surface area contributed by atoms with Crippen LogP contribution in [0.4, 0.5) is 0 Å². The molecule has 1 atom stereocenters. The number of aliphatic hydroxyl groups excluding tert-OH is 2. The van der Waals surface area contributed by atoms with Crippen molar-refractivity contribution in [2.24, 2.45) is 0 Å². The standard InChI is InChI=1S/C38H79NO5/c1-4-7-10-12-14-20-27-37(28-21-15-13-11-8-5-2)44-36-42-34-26-19-18-24-31-39(32-33-40)30-23-17-16-22-29-38(41)43-35-25-9-6-3/h37-38,40-41H,4-36H2,1-3H3. The molecule has 44 heavy (non-hydrogen) atoms. The van der Waals surface area contributed by atoms with Crippen molar-refractivity contribution >= 4 is 0 Å². The van der Waals surface area contributed by atoms with Crippen LogP contribution in [-0.2, 0) is 14.2 Å². The molecule has 6 heteroatoms. The van der Waals surface area contributed by atoms with Gasteiger partial charge in [0.25, 0.3) is 0 Å². The SMILES string of the molecule is CCCCCCCCC(CCCCCCCC)OCOCCCCCCN(CCO)CCCCCCC(O)OCCCCC. The summed E-state index contributed by atoms with van der Waals surface area (Å²) in [5.74, 6) is 0. The van der Waals surface area contributed by atoms with Gasteiger partial charge in [-0.1, -0.05) is 136 Å². The number of unbranched alkanes of at least 4 members (excludes halogenated alkanes) is 18. The van der Waals surface area contributed by atoms with Crippen LogP contribution in [0.25, 0.3) is 0 Å². The van der Waals surface area contributed by atoms with Gasteiger partial charge in [-0.2, -0.15) is 0 Å².